The summed E-state index contributed by atoms with van der Waals surface area (Å²) >= 11 is 1.34. The van der Waals surface area contributed by atoms with Gasteiger partial charge in [0.25, 0.3) is 0 Å². The topological polar surface area (TPSA) is 78.4 Å². The zero-order chi connectivity index (χ0) is 19.7. The van der Waals surface area contributed by atoms with E-state index in [2.05, 4.69) is 15.5 Å². The number of aromatic nitrogens is 2. The predicted molar refractivity (Wildman–Crippen MR) is 101 cm³/mol. The number of halogens is 2. The minimum Gasteiger partial charge on any atom is -0.346 e. The third-order valence-electron chi connectivity index (χ3n) is 4.96. The van der Waals surface area contributed by atoms with E-state index in [1.807, 2.05) is 4.90 Å². The highest BCUT2D eigenvalue weighted by atomic mass is 32.1. The number of benzene rings is 1. The van der Waals surface area contributed by atoms with Crippen LogP contribution in [0.1, 0.15) is 25.7 Å². The monoisotopic (exact) mass is 407 g/mol. The average Bonchev–Trinajstić information content (AvgIpc) is 3.33. The van der Waals surface area contributed by atoms with Crippen LogP contribution in [-0.4, -0.2) is 41.6 Å². The van der Waals surface area contributed by atoms with Gasteiger partial charge in [0, 0.05) is 32.1 Å². The normalized spacial score (nSPS) is 19.9. The van der Waals surface area contributed by atoms with Crippen LogP contribution >= 0.6 is 11.3 Å². The van der Waals surface area contributed by atoms with Crippen LogP contribution < -0.4 is 15.1 Å². The van der Waals surface area contributed by atoms with E-state index in [0.29, 0.717) is 36.2 Å². The Morgan fingerprint density at radius 1 is 1.18 bits per heavy atom. The van der Waals surface area contributed by atoms with Crippen molar-refractivity contribution >= 4 is 39.1 Å². The van der Waals surface area contributed by atoms with Gasteiger partial charge < -0.3 is 10.2 Å². The minimum atomic E-state index is -0.801. The van der Waals surface area contributed by atoms with E-state index in [0.717, 1.165) is 31.5 Å². The molecule has 2 aromatic rings. The van der Waals surface area contributed by atoms with E-state index in [4.69, 9.17) is 0 Å². The highest BCUT2D eigenvalue weighted by Gasteiger charge is 2.30. The van der Waals surface area contributed by atoms with E-state index >= 15 is 0 Å². The molecule has 28 heavy (non-hydrogen) atoms. The molecule has 1 aromatic carbocycles. The molecule has 2 aliphatic heterocycles. The second-order valence-electron chi connectivity index (χ2n) is 6.91. The minimum absolute atomic E-state index is 0.0331. The fraction of sp³-hybridized carbons (Fsp3) is 0.444. The maximum Gasteiger partial charge on any atom is 0.229 e. The standard InChI is InChI=1S/C18H19F2N5O2S/c19-12-5-6-14(13(20)9-12)21-16(27)11-3-1-7-24(10-11)17-22-23-18(28-17)25-8-2-4-15(25)26/h5-6,9,11H,1-4,7-8,10H2,(H,21,27). The Kier molecular flexibility index (Phi) is 5.21. The average molecular weight is 407 g/mol. The zero-order valence-electron chi connectivity index (χ0n) is 15.0. The number of hydrogen-bond donors (Lipinski definition) is 1. The summed E-state index contributed by atoms with van der Waals surface area (Å²) in [6.07, 6.45) is 2.80. The number of anilines is 3. The van der Waals surface area contributed by atoms with Crippen LogP contribution in [0.2, 0.25) is 0 Å². The molecule has 4 rings (SSSR count). The molecule has 1 atom stereocenters. The number of carbonyl (C=O) groups is 2. The molecular formula is C18H19F2N5O2S. The van der Waals surface area contributed by atoms with E-state index in [1.165, 1.54) is 17.4 Å². The van der Waals surface area contributed by atoms with Crippen LogP contribution in [0.3, 0.4) is 0 Å². The SMILES string of the molecule is O=C(Nc1ccc(F)cc1F)C1CCCN(c2nnc(N3CCCC3=O)s2)C1. The van der Waals surface area contributed by atoms with Crippen molar-refractivity contribution in [3.63, 3.8) is 0 Å². The second kappa shape index (κ2) is 7.78. The van der Waals surface area contributed by atoms with Gasteiger partial charge in [-0.15, -0.1) is 10.2 Å². The molecular weight excluding hydrogens is 388 g/mol. The molecule has 0 spiro atoms. The molecule has 3 heterocycles. The Hall–Kier alpha value is -2.62. The van der Waals surface area contributed by atoms with E-state index < -0.39 is 11.6 Å². The van der Waals surface area contributed by atoms with Gasteiger partial charge in [0.15, 0.2) is 0 Å². The first-order valence-electron chi connectivity index (χ1n) is 9.16. The lowest BCUT2D eigenvalue weighted by atomic mass is 9.97. The molecule has 1 aromatic heterocycles. The molecule has 7 nitrogen and oxygen atoms in total. The number of rotatable bonds is 4. The molecule has 1 unspecified atom stereocenters. The molecule has 0 saturated carbocycles. The molecule has 0 bridgehead atoms. The number of amides is 2. The van der Waals surface area contributed by atoms with Gasteiger partial charge in [-0.3, -0.25) is 14.5 Å². The lowest BCUT2D eigenvalue weighted by Crippen LogP contribution is -2.40. The van der Waals surface area contributed by atoms with Crippen molar-refractivity contribution in [3.8, 4) is 0 Å². The van der Waals surface area contributed by atoms with Gasteiger partial charge in [-0.25, -0.2) is 8.78 Å². The maximum atomic E-state index is 13.8. The third kappa shape index (κ3) is 3.82. The molecule has 2 amide bonds. The van der Waals surface area contributed by atoms with Gasteiger partial charge in [0.05, 0.1) is 11.6 Å². The summed E-state index contributed by atoms with van der Waals surface area (Å²) in [5, 5.41) is 12.1. The van der Waals surface area contributed by atoms with Gasteiger partial charge in [-0.1, -0.05) is 11.3 Å². The first-order valence-corrected chi connectivity index (χ1v) is 9.97. The van der Waals surface area contributed by atoms with Crippen LogP contribution in [0, 0.1) is 17.6 Å². The Bertz CT molecular complexity index is 906. The Labute approximate surface area is 164 Å². The Morgan fingerprint density at radius 2 is 2.00 bits per heavy atom. The molecule has 0 aliphatic carbocycles. The summed E-state index contributed by atoms with van der Waals surface area (Å²) in [7, 11) is 0. The molecule has 2 saturated heterocycles. The number of nitrogens with one attached hydrogen (secondary N) is 1. The first kappa shape index (κ1) is 18.7. The van der Waals surface area contributed by atoms with Gasteiger partial charge in [-0.05, 0) is 31.4 Å². The molecule has 2 fully saturated rings. The van der Waals surface area contributed by atoms with Crippen molar-refractivity contribution in [2.75, 3.05) is 34.8 Å². The van der Waals surface area contributed by atoms with Crippen LogP contribution in [0.5, 0.6) is 0 Å². The van der Waals surface area contributed by atoms with Gasteiger partial charge in [-0.2, -0.15) is 0 Å². The molecule has 1 N–H and O–H groups in total. The van der Waals surface area contributed by atoms with E-state index in [-0.39, 0.29) is 23.4 Å². The number of carbonyl (C=O) groups excluding carboxylic acids is 2. The summed E-state index contributed by atoms with van der Waals surface area (Å²) < 4.78 is 26.8. The second-order valence-corrected chi connectivity index (χ2v) is 7.85. The van der Waals surface area contributed by atoms with Gasteiger partial charge >= 0.3 is 0 Å². The molecule has 0 radical (unpaired) electrons. The van der Waals surface area contributed by atoms with E-state index in [9.17, 15) is 18.4 Å². The van der Waals surface area contributed by atoms with E-state index in [1.54, 1.807) is 4.90 Å². The predicted octanol–water partition coefficient (Wildman–Crippen LogP) is 2.80. The van der Waals surface area contributed by atoms with Crippen LogP contribution in [0.4, 0.5) is 24.7 Å². The lowest BCUT2D eigenvalue weighted by Gasteiger charge is -2.31. The lowest BCUT2D eigenvalue weighted by molar-refractivity contribution is -0.120. The van der Waals surface area contributed by atoms with Crippen LogP contribution in [-0.2, 0) is 9.59 Å². The van der Waals surface area contributed by atoms with Crippen LogP contribution in [0.25, 0.3) is 0 Å². The highest BCUT2D eigenvalue weighted by Crippen LogP contribution is 2.32. The number of piperidine rings is 1. The molecule has 2 aliphatic rings. The summed E-state index contributed by atoms with van der Waals surface area (Å²) in [6.45, 7) is 1.82. The third-order valence-corrected chi connectivity index (χ3v) is 5.97. The number of nitrogens with zero attached hydrogens (tertiary/aromatic N) is 4. The summed E-state index contributed by atoms with van der Waals surface area (Å²) in [4.78, 5) is 28.0. The zero-order valence-corrected chi connectivity index (χ0v) is 15.8. The van der Waals surface area contributed by atoms with Crippen molar-refractivity contribution in [2.24, 2.45) is 5.92 Å². The molecule has 148 valence electrons. The largest absolute Gasteiger partial charge is 0.346 e. The van der Waals surface area contributed by atoms with Crippen molar-refractivity contribution in [2.45, 2.75) is 25.7 Å². The van der Waals surface area contributed by atoms with Gasteiger partial charge in [0.2, 0.25) is 22.1 Å². The van der Waals surface area contributed by atoms with Crippen molar-refractivity contribution in [1.29, 1.82) is 0 Å². The quantitative estimate of drug-likeness (QED) is 0.843. The first-order chi connectivity index (χ1) is 13.5. The van der Waals surface area contributed by atoms with Crippen molar-refractivity contribution in [3.05, 3.63) is 29.8 Å². The smallest absolute Gasteiger partial charge is 0.229 e. The molecule has 10 heteroatoms. The fourth-order valence-corrected chi connectivity index (χ4v) is 4.41. The summed E-state index contributed by atoms with van der Waals surface area (Å²) in [6, 6.07) is 3.06. The summed E-state index contributed by atoms with van der Waals surface area (Å²) in [5.74, 6) is -2.10. The Balaban J connectivity index is 1.42. The van der Waals surface area contributed by atoms with Crippen molar-refractivity contribution in [1.82, 2.24) is 10.2 Å². The van der Waals surface area contributed by atoms with Gasteiger partial charge in [0.1, 0.15) is 11.6 Å². The van der Waals surface area contributed by atoms with Crippen LogP contribution in [0.15, 0.2) is 18.2 Å². The maximum absolute atomic E-state index is 13.8. The highest BCUT2D eigenvalue weighted by molar-refractivity contribution is 7.19. The summed E-state index contributed by atoms with van der Waals surface area (Å²) in [5.41, 5.74) is -0.0331. The Morgan fingerprint density at radius 3 is 2.75 bits per heavy atom. The van der Waals surface area contributed by atoms with Crippen molar-refractivity contribution < 1.29 is 18.4 Å². The number of hydrogen-bond acceptors (Lipinski definition) is 6. The fourth-order valence-electron chi connectivity index (χ4n) is 3.49.